The lowest BCUT2D eigenvalue weighted by Gasteiger charge is -2.33. The van der Waals surface area contributed by atoms with Crippen molar-refractivity contribution in [2.45, 2.75) is 59.2 Å². The highest BCUT2D eigenvalue weighted by atomic mass is 35.5. The number of nitrogens with zero attached hydrogens (tertiary/aromatic N) is 2. The molecule has 0 unspecified atom stereocenters. The van der Waals surface area contributed by atoms with Crippen LogP contribution >= 0.6 is 11.6 Å². The fourth-order valence-corrected chi connectivity index (χ4v) is 4.74. The lowest BCUT2D eigenvalue weighted by Crippen LogP contribution is -2.53. The van der Waals surface area contributed by atoms with Crippen molar-refractivity contribution in [3.63, 3.8) is 0 Å². The zero-order valence-corrected chi connectivity index (χ0v) is 22.0. The summed E-state index contributed by atoms with van der Waals surface area (Å²) in [6, 6.07) is 13.3. The number of anilines is 1. The Bertz CT molecular complexity index is 1090. The van der Waals surface area contributed by atoms with Gasteiger partial charge >= 0.3 is 0 Å². The van der Waals surface area contributed by atoms with E-state index in [4.69, 9.17) is 11.6 Å². The van der Waals surface area contributed by atoms with Crippen LogP contribution in [0.4, 0.5) is 5.69 Å². The minimum Gasteiger partial charge on any atom is -0.352 e. The first-order valence-corrected chi connectivity index (χ1v) is 13.6. The largest absolute Gasteiger partial charge is 0.352 e. The van der Waals surface area contributed by atoms with E-state index in [-0.39, 0.29) is 18.5 Å². The molecule has 186 valence electrons. The molecule has 0 aliphatic carbocycles. The quantitative estimate of drug-likeness (QED) is 0.498. The van der Waals surface area contributed by atoms with E-state index < -0.39 is 28.5 Å². The van der Waals surface area contributed by atoms with Crippen molar-refractivity contribution < 1.29 is 18.0 Å². The van der Waals surface area contributed by atoms with Crippen molar-refractivity contribution in [2.24, 2.45) is 0 Å². The fourth-order valence-electron chi connectivity index (χ4n) is 3.73. The van der Waals surface area contributed by atoms with Crippen LogP contribution in [0.15, 0.2) is 48.5 Å². The normalized spacial score (nSPS) is 12.3. The molecule has 2 aromatic carbocycles. The molecule has 0 fully saturated rings. The zero-order valence-electron chi connectivity index (χ0n) is 20.4. The molecule has 0 aromatic heterocycles. The second-order valence-electron chi connectivity index (χ2n) is 8.49. The number of aryl methyl sites for hydroxylation is 1. The molecular weight excluding hydrogens is 474 g/mol. The lowest BCUT2D eigenvalue weighted by atomic mass is 10.1. The Morgan fingerprint density at radius 1 is 1.03 bits per heavy atom. The van der Waals surface area contributed by atoms with Crippen LogP contribution in [0.1, 0.15) is 45.2 Å². The number of carbonyl (C=O) groups is 2. The average molecular weight is 508 g/mol. The molecule has 2 amide bonds. The number of nitrogens with one attached hydrogen (secondary N) is 1. The van der Waals surface area contributed by atoms with Gasteiger partial charge in [0.15, 0.2) is 0 Å². The van der Waals surface area contributed by atoms with E-state index in [1.807, 2.05) is 39.8 Å². The Morgan fingerprint density at radius 2 is 1.65 bits per heavy atom. The number of benzene rings is 2. The van der Waals surface area contributed by atoms with Crippen LogP contribution < -0.4 is 9.62 Å². The molecule has 9 heteroatoms. The molecular formula is C25H34ClN3O4S. The van der Waals surface area contributed by atoms with E-state index in [1.165, 1.54) is 4.90 Å². The first kappa shape index (κ1) is 27.7. The number of halogens is 1. The van der Waals surface area contributed by atoms with E-state index in [0.717, 1.165) is 21.7 Å². The summed E-state index contributed by atoms with van der Waals surface area (Å²) in [6.07, 6.45) is 2.07. The number of hydrogen-bond donors (Lipinski definition) is 1. The standard InChI is InChI=1S/C25H34ClN3O4S/c1-6-20-10-8-9-11-23(20)29(34(5,32)33)17-24(30)28(16-19-12-14-21(26)15-13-19)22(7-2)25(31)27-18(3)4/h8-15,18,22H,6-7,16-17H2,1-5H3,(H,27,31)/t22-/m1/s1. The number of carbonyl (C=O) groups excluding carboxylic acids is 2. The van der Waals surface area contributed by atoms with Crippen LogP contribution in [-0.4, -0.2) is 50.0 Å². The van der Waals surface area contributed by atoms with Gasteiger partial charge in [0.25, 0.3) is 0 Å². The highest BCUT2D eigenvalue weighted by Gasteiger charge is 2.32. The molecule has 0 bridgehead atoms. The van der Waals surface area contributed by atoms with Gasteiger partial charge in [0.05, 0.1) is 11.9 Å². The zero-order chi connectivity index (χ0) is 25.5. The maximum atomic E-state index is 13.6. The third-order valence-electron chi connectivity index (χ3n) is 5.40. The molecule has 0 radical (unpaired) electrons. The monoisotopic (exact) mass is 507 g/mol. The Balaban J connectivity index is 2.47. The summed E-state index contributed by atoms with van der Waals surface area (Å²) in [5.74, 6) is -0.739. The summed E-state index contributed by atoms with van der Waals surface area (Å²) < 4.78 is 26.6. The van der Waals surface area contributed by atoms with E-state index in [9.17, 15) is 18.0 Å². The van der Waals surface area contributed by atoms with E-state index in [1.54, 1.807) is 36.4 Å². The molecule has 0 aliphatic heterocycles. The Hall–Kier alpha value is -2.58. The van der Waals surface area contributed by atoms with Crippen molar-refractivity contribution in [1.82, 2.24) is 10.2 Å². The summed E-state index contributed by atoms with van der Waals surface area (Å²) in [4.78, 5) is 28.1. The van der Waals surface area contributed by atoms with Gasteiger partial charge in [0, 0.05) is 17.6 Å². The highest BCUT2D eigenvalue weighted by molar-refractivity contribution is 7.92. The maximum Gasteiger partial charge on any atom is 0.244 e. The number of hydrogen-bond acceptors (Lipinski definition) is 4. The van der Waals surface area contributed by atoms with Crippen molar-refractivity contribution >= 4 is 39.1 Å². The van der Waals surface area contributed by atoms with Crippen molar-refractivity contribution in [2.75, 3.05) is 17.1 Å². The van der Waals surface area contributed by atoms with Gasteiger partial charge in [-0.1, -0.05) is 55.8 Å². The third kappa shape index (κ3) is 7.46. The highest BCUT2D eigenvalue weighted by Crippen LogP contribution is 2.24. The van der Waals surface area contributed by atoms with Crippen LogP contribution in [0.5, 0.6) is 0 Å². The van der Waals surface area contributed by atoms with Crippen LogP contribution in [0, 0.1) is 0 Å². The number of amides is 2. The average Bonchev–Trinajstić information content (AvgIpc) is 2.77. The first-order chi connectivity index (χ1) is 16.0. The van der Waals surface area contributed by atoms with Crippen LogP contribution in [0.3, 0.4) is 0 Å². The smallest absolute Gasteiger partial charge is 0.244 e. The molecule has 0 heterocycles. The fraction of sp³-hybridized carbons (Fsp3) is 0.440. The summed E-state index contributed by atoms with van der Waals surface area (Å²) in [7, 11) is -3.76. The SMILES string of the molecule is CCc1ccccc1N(CC(=O)N(Cc1ccc(Cl)cc1)[C@H](CC)C(=O)NC(C)C)S(C)(=O)=O. The van der Waals surface area contributed by atoms with Gasteiger partial charge in [-0.15, -0.1) is 0 Å². The maximum absolute atomic E-state index is 13.6. The molecule has 0 saturated carbocycles. The predicted molar refractivity (Wildman–Crippen MR) is 137 cm³/mol. The molecule has 2 rings (SSSR count). The molecule has 1 atom stereocenters. The molecule has 0 aliphatic rings. The van der Waals surface area contributed by atoms with Crippen LogP contribution in [0.25, 0.3) is 0 Å². The summed E-state index contributed by atoms with van der Waals surface area (Å²) in [5, 5.41) is 3.43. The minimum atomic E-state index is -3.76. The molecule has 7 nitrogen and oxygen atoms in total. The summed E-state index contributed by atoms with van der Waals surface area (Å²) in [5.41, 5.74) is 2.06. The first-order valence-electron chi connectivity index (χ1n) is 11.4. The Labute approximate surface area is 208 Å². The number of sulfonamides is 1. The second-order valence-corrected chi connectivity index (χ2v) is 10.8. The van der Waals surface area contributed by atoms with Gasteiger partial charge in [-0.05, 0) is 56.0 Å². The van der Waals surface area contributed by atoms with E-state index >= 15 is 0 Å². The van der Waals surface area contributed by atoms with Gasteiger partial charge in [0.1, 0.15) is 12.6 Å². The van der Waals surface area contributed by atoms with Gasteiger partial charge in [-0.3, -0.25) is 13.9 Å². The Kier molecular flexibility index (Phi) is 9.94. The molecule has 0 saturated heterocycles. The van der Waals surface area contributed by atoms with Gasteiger partial charge < -0.3 is 10.2 Å². The molecule has 1 N–H and O–H groups in total. The van der Waals surface area contributed by atoms with Crippen LogP contribution in [0.2, 0.25) is 5.02 Å². The minimum absolute atomic E-state index is 0.0991. The van der Waals surface area contributed by atoms with Crippen molar-refractivity contribution in [3.05, 3.63) is 64.7 Å². The van der Waals surface area contributed by atoms with Crippen LogP contribution in [-0.2, 0) is 32.6 Å². The topological polar surface area (TPSA) is 86.8 Å². The molecule has 2 aromatic rings. The Morgan fingerprint density at radius 3 is 2.18 bits per heavy atom. The molecule has 0 spiro atoms. The van der Waals surface area contributed by atoms with E-state index in [2.05, 4.69) is 5.32 Å². The predicted octanol–water partition coefficient (Wildman–Crippen LogP) is 4.00. The van der Waals surface area contributed by atoms with Gasteiger partial charge in [-0.25, -0.2) is 8.42 Å². The number of para-hydroxylation sites is 1. The molecule has 34 heavy (non-hydrogen) atoms. The van der Waals surface area contributed by atoms with Gasteiger partial charge in [-0.2, -0.15) is 0 Å². The third-order valence-corrected chi connectivity index (χ3v) is 6.78. The van der Waals surface area contributed by atoms with Crippen molar-refractivity contribution in [1.29, 1.82) is 0 Å². The lowest BCUT2D eigenvalue weighted by molar-refractivity contribution is -0.140. The summed E-state index contributed by atoms with van der Waals surface area (Å²) >= 11 is 6.01. The van der Waals surface area contributed by atoms with Crippen molar-refractivity contribution in [3.8, 4) is 0 Å². The number of rotatable bonds is 11. The van der Waals surface area contributed by atoms with Gasteiger partial charge in [0.2, 0.25) is 21.8 Å². The summed E-state index contributed by atoms with van der Waals surface area (Å²) in [6.45, 7) is 7.19. The second kappa shape index (κ2) is 12.2. The van der Waals surface area contributed by atoms with E-state index in [0.29, 0.717) is 23.6 Å².